The van der Waals surface area contributed by atoms with Crippen LogP contribution in [0.2, 0.25) is 0 Å². The van der Waals surface area contributed by atoms with Crippen LogP contribution in [0.4, 0.5) is 0 Å². The van der Waals surface area contributed by atoms with E-state index in [4.69, 9.17) is 4.74 Å². The van der Waals surface area contributed by atoms with Gasteiger partial charge >= 0.3 is 11.9 Å². The molecule has 0 unspecified atom stereocenters. The van der Waals surface area contributed by atoms with Gasteiger partial charge in [0.05, 0.1) is 21.9 Å². The van der Waals surface area contributed by atoms with Gasteiger partial charge in [0.1, 0.15) is 18.5 Å². The Bertz CT molecular complexity index is 1760. The van der Waals surface area contributed by atoms with Gasteiger partial charge < -0.3 is 14.9 Å². The fourth-order valence-electron chi connectivity index (χ4n) is 4.82. The molecule has 6 nitrogen and oxygen atoms in total. The van der Waals surface area contributed by atoms with E-state index in [1.54, 1.807) is 32.0 Å². The molecule has 38 heavy (non-hydrogen) atoms. The van der Waals surface area contributed by atoms with Gasteiger partial charge in [-0.1, -0.05) is 36.4 Å². The average molecular weight is 505 g/mol. The van der Waals surface area contributed by atoms with Crippen molar-refractivity contribution >= 4 is 45.9 Å². The van der Waals surface area contributed by atoms with Crippen LogP contribution < -0.4 is 9.30 Å². The van der Waals surface area contributed by atoms with E-state index in [1.807, 2.05) is 72.3 Å². The largest absolute Gasteiger partial charge is 0.508 e. The highest BCUT2D eigenvalue weighted by atomic mass is 16.5. The Balaban J connectivity index is 1.66. The molecule has 5 rings (SSSR count). The van der Waals surface area contributed by atoms with E-state index >= 15 is 0 Å². The zero-order valence-corrected chi connectivity index (χ0v) is 21.2. The third-order valence-electron chi connectivity index (χ3n) is 6.63. The van der Waals surface area contributed by atoms with E-state index in [-0.39, 0.29) is 11.3 Å². The number of carboxylic acid groups (broad SMARTS) is 1. The first-order valence-corrected chi connectivity index (χ1v) is 12.1. The van der Waals surface area contributed by atoms with Crippen molar-refractivity contribution in [1.82, 2.24) is 0 Å². The number of fused-ring (bicyclic) bond motifs is 2. The van der Waals surface area contributed by atoms with Crippen molar-refractivity contribution in [3.63, 3.8) is 0 Å². The van der Waals surface area contributed by atoms with E-state index in [0.717, 1.165) is 32.9 Å². The fraction of sp³-hybridized carbons (Fsp3) is 0.0938. The first-order valence-electron chi connectivity index (χ1n) is 12.1. The number of carbonyl (C=O) groups is 2. The van der Waals surface area contributed by atoms with Gasteiger partial charge in [-0.25, -0.2) is 9.59 Å². The first-order chi connectivity index (χ1) is 18.2. The number of esters is 1. The number of phenolic OH excluding ortho intramolecular Hbond substituents is 1. The van der Waals surface area contributed by atoms with Gasteiger partial charge in [-0.3, -0.25) is 0 Å². The Kier molecular flexibility index (Phi) is 6.39. The van der Waals surface area contributed by atoms with Crippen LogP contribution in [0.3, 0.4) is 0 Å². The number of aromatic nitrogens is 1. The summed E-state index contributed by atoms with van der Waals surface area (Å²) in [5.41, 5.74) is 5.19. The second kappa shape index (κ2) is 9.82. The highest BCUT2D eigenvalue weighted by Crippen LogP contribution is 2.30. The zero-order chi connectivity index (χ0) is 27.0. The number of benzene rings is 4. The van der Waals surface area contributed by atoms with Crippen LogP contribution in [0.25, 0.3) is 34.0 Å². The molecule has 0 amide bonds. The van der Waals surface area contributed by atoms with Crippen molar-refractivity contribution in [3.8, 4) is 11.5 Å². The second-order valence-corrected chi connectivity index (χ2v) is 9.29. The standard InChI is InChI=1S/C32H25NO5/c1-19-15-23(31(35)36)16-20(2)30(19)38-32(37)29-25-9-4-5-10-27(25)33(3)28-14-13-22(18-26(28)29)12-11-21-7-6-8-24(34)17-21/h4-18H,1-3H3,(H-,34,35,36)/p+1/b12-11+. The van der Waals surface area contributed by atoms with E-state index in [2.05, 4.69) is 0 Å². The van der Waals surface area contributed by atoms with Crippen LogP contribution >= 0.6 is 0 Å². The average Bonchev–Trinajstić information content (AvgIpc) is 2.89. The summed E-state index contributed by atoms with van der Waals surface area (Å²) in [6, 6.07) is 23.5. The Morgan fingerprint density at radius 3 is 2.13 bits per heavy atom. The molecule has 0 fully saturated rings. The molecular formula is C32H26NO5+. The molecule has 4 aromatic carbocycles. The van der Waals surface area contributed by atoms with Gasteiger partial charge in [-0.15, -0.1) is 0 Å². The van der Waals surface area contributed by atoms with Gasteiger partial charge in [0.25, 0.3) is 0 Å². The summed E-state index contributed by atoms with van der Waals surface area (Å²) in [4.78, 5) is 25.3. The third-order valence-corrected chi connectivity index (χ3v) is 6.63. The molecule has 0 aliphatic carbocycles. The molecule has 0 radical (unpaired) electrons. The Morgan fingerprint density at radius 1 is 0.789 bits per heavy atom. The monoisotopic (exact) mass is 504 g/mol. The molecule has 0 saturated heterocycles. The Morgan fingerprint density at radius 2 is 1.45 bits per heavy atom. The topological polar surface area (TPSA) is 87.7 Å². The lowest BCUT2D eigenvalue weighted by molar-refractivity contribution is -0.617. The molecule has 2 N–H and O–H groups in total. The molecule has 0 atom stereocenters. The number of aromatic carboxylic acids is 1. The minimum absolute atomic E-state index is 0.144. The predicted molar refractivity (Wildman–Crippen MR) is 147 cm³/mol. The number of aryl methyl sites for hydroxylation is 3. The predicted octanol–water partition coefficient (Wildman–Crippen LogP) is 6.23. The van der Waals surface area contributed by atoms with Crippen molar-refractivity contribution in [3.05, 3.63) is 112 Å². The van der Waals surface area contributed by atoms with E-state index in [0.29, 0.717) is 22.4 Å². The lowest BCUT2D eigenvalue weighted by atomic mass is 9.99. The fourth-order valence-corrected chi connectivity index (χ4v) is 4.82. The molecule has 0 aliphatic rings. The van der Waals surface area contributed by atoms with Crippen molar-refractivity contribution in [2.75, 3.05) is 0 Å². The summed E-state index contributed by atoms with van der Waals surface area (Å²) in [7, 11) is 1.96. The van der Waals surface area contributed by atoms with Gasteiger partial charge in [-0.2, -0.15) is 4.57 Å². The number of phenols is 1. The van der Waals surface area contributed by atoms with Crippen LogP contribution in [0.15, 0.2) is 78.9 Å². The quantitative estimate of drug-likeness (QED) is 0.0974. The van der Waals surface area contributed by atoms with Crippen LogP contribution in [-0.2, 0) is 7.05 Å². The maximum Gasteiger partial charge on any atom is 0.345 e. The Hall–Kier alpha value is -4.97. The number of aromatic hydroxyl groups is 1. The van der Waals surface area contributed by atoms with Crippen LogP contribution in [0, 0.1) is 13.8 Å². The van der Waals surface area contributed by atoms with Gasteiger partial charge in [-0.05, 0) is 78.6 Å². The summed E-state index contributed by atoms with van der Waals surface area (Å²) in [5.74, 6) is -1.01. The molecular weight excluding hydrogens is 478 g/mol. The summed E-state index contributed by atoms with van der Waals surface area (Å²) >= 11 is 0. The van der Waals surface area contributed by atoms with Crippen LogP contribution in [0.1, 0.15) is 43.0 Å². The molecule has 5 aromatic rings. The van der Waals surface area contributed by atoms with Gasteiger partial charge in [0.15, 0.2) is 0 Å². The highest BCUT2D eigenvalue weighted by molar-refractivity contribution is 6.13. The van der Waals surface area contributed by atoms with E-state index in [1.165, 1.54) is 12.1 Å². The van der Waals surface area contributed by atoms with E-state index in [9.17, 15) is 19.8 Å². The number of hydrogen-bond acceptors (Lipinski definition) is 4. The minimum Gasteiger partial charge on any atom is -0.508 e. The van der Waals surface area contributed by atoms with Crippen molar-refractivity contribution < 1.29 is 29.1 Å². The normalized spacial score (nSPS) is 11.3. The molecule has 1 aromatic heterocycles. The molecule has 0 bridgehead atoms. The lowest BCUT2D eigenvalue weighted by Gasteiger charge is -2.14. The number of para-hydroxylation sites is 1. The zero-order valence-electron chi connectivity index (χ0n) is 21.2. The first kappa shape index (κ1) is 24.7. The lowest BCUT2D eigenvalue weighted by Crippen LogP contribution is -2.31. The van der Waals surface area contributed by atoms with Crippen molar-refractivity contribution in [1.29, 1.82) is 0 Å². The summed E-state index contributed by atoms with van der Waals surface area (Å²) in [6.45, 7) is 3.46. The van der Waals surface area contributed by atoms with Crippen LogP contribution in [-0.4, -0.2) is 22.2 Å². The molecule has 0 aliphatic heterocycles. The highest BCUT2D eigenvalue weighted by Gasteiger charge is 2.25. The maximum atomic E-state index is 13.8. The van der Waals surface area contributed by atoms with E-state index < -0.39 is 11.9 Å². The number of nitrogens with zero attached hydrogens (tertiary/aromatic N) is 1. The van der Waals surface area contributed by atoms with Crippen molar-refractivity contribution in [2.45, 2.75) is 13.8 Å². The number of pyridine rings is 1. The summed E-state index contributed by atoms with van der Waals surface area (Å²) in [5, 5.41) is 20.6. The smallest absolute Gasteiger partial charge is 0.345 e. The molecule has 0 spiro atoms. The second-order valence-electron chi connectivity index (χ2n) is 9.29. The molecule has 1 heterocycles. The molecule has 6 heteroatoms. The SMILES string of the molecule is Cc1cc(C(=O)O)cc(C)c1OC(=O)c1c2ccccc2[n+](C)c2ccc(/C=C/c3cccc(O)c3)cc12. The van der Waals surface area contributed by atoms with Gasteiger partial charge in [0, 0.05) is 12.1 Å². The summed E-state index contributed by atoms with van der Waals surface area (Å²) in [6.07, 6.45) is 3.83. The Labute approximate surface area is 219 Å². The molecule has 188 valence electrons. The number of rotatable bonds is 5. The van der Waals surface area contributed by atoms with Crippen molar-refractivity contribution in [2.24, 2.45) is 7.05 Å². The number of ether oxygens (including phenoxy) is 1. The van der Waals surface area contributed by atoms with Crippen LogP contribution in [0.5, 0.6) is 11.5 Å². The van der Waals surface area contributed by atoms with Gasteiger partial charge in [0.2, 0.25) is 11.0 Å². The number of carboxylic acids is 1. The number of hydrogen-bond donors (Lipinski definition) is 2. The maximum absolute atomic E-state index is 13.8. The third kappa shape index (κ3) is 4.60. The summed E-state index contributed by atoms with van der Waals surface area (Å²) < 4.78 is 7.99. The number of carbonyl (C=O) groups excluding carboxylic acids is 1. The minimum atomic E-state index is -1.03. The molecule has 0 saturated carbocycles.